The summed E-state index contributed by atoms with van der Waals surface area (Å²) >= 11 is 0. The summed E-state index contributed by atoms with van der Waals surface area (Å²) in [4.78, 5) is 2.00. The van der Waals surface area contributed by atoms with Crippen LogP contribution in [-0.4, -0.2) is 26.0 Å². The second kappa shape index (κ2) is 9.02. The predicted octanol–water partition coefficient (Wildman–Crippen LogP) is 1.58. The van der Waals surface area contributed by atoms with Gasteiger partial charge in [0.25, 0.3) is 0 Å². The van der Waals surface area contributed by atoms with Crippen molar-refractivity contribution in [2.75, 3.05) is 21.1 Å². The first-order valence-electron chi connectivity index (χ1n) is 3.01. The smallest absolute Gasteiger partial charge is 0.312 e. The minimum Gasteiger partial charge on any atom is -0.312 e. The topological polar surface area (TPSA) is 3.24 Å². The first kappa shape index (κ1) is 12.7. The first-order valence-corrected chi connectivity index (χ1v) is 3.01. The van der Waals surface area contributed by atoms with Crippen LogP contribution in [0.25, 0.3) is 0 Å². The van der Waals surface area contributed by atoms with Crippen LogP contribution < -0.4 is 0 Å². The molecule has 0 aliphatic carbocycles. The maximum atomic E-state index is 2.00. The average molecular weight is 172 g/mol. The maximum Gasteiger partial charge on any atom is 4.00 e. The van der Waals surface area contributed by atoms with Crippen LogP contribution in [-0.2, 0) is 21.7 Å². The summed E-state index contributed by atoms with van der Waals surface area (Å²) in [6.45, 7) is 0. The summed E-state index contributed by atoms with van der Waals surface area (Å²) in [6, 6.07) is 10.0. The normalized spacial score (nSPS) is 7.60. The molecule has 0 aromatic heterocycles. The van der Waals surface area contributed by atoms with Crippen molar-refractivity contribution in [3.8, 4) is 0 Å². The molecule has 0 aliphatic heterocycles. The Labute approximate surface area is 78.3 Å². The Hall–Kier alpha value is 0.0243. The third kappa shape index (κ3) is 15.7. The van der Waals surface area contributed by atoms with Crippen molar-refractivity contribution >= 4 is 0 Å². The van der Waals surface area contributed by atoms with E-state index in [1.165, 1.54) is 0 Å². The molecule has 0 radical (unpaired) electrons. The molecule has 0 saturated heterocycles. The van der Waals surface area contributed by atoms with E-state index >= 15 is 0 Å². The third-order valence-electron chi connectivity index (χ3n) is 0.556. The van der Waals surface area contributed by atoms with Crippen LogP contribution in [0.2, 0.25) is 0 Å². The molecule has 2 heteroatoms. The van der Waals surface area contributed by atoms with Gasteiger partial charge >= 0.3 is 21.7 Å². The fraction of sp³-hybridized carbons (Fsp3) is 0.375. The van der Waals surface area contributed by atoms with Crippen LogP contribution in [0.3, 0.4) is 0 Å². The van der Waals surface area contributed by atoms with E-state index in [2.05, 4.69) is 0 Å². The minimum atomic E-state index is 0. The van der Waals surface area contributed by atoms with E-state index in [0.29, 0.717) is 0 Å². The second-order valence-electron chi connectivity index (χ2n) is 2.30. The number of hydrogen-bond acceptors (Lipinski definition) is 1. The monoisotopic (exact) mass is 172 g/mol. The molecule has 0 bridgehead atoms. The molecule has 1 aromatic rings. The summed E-state index contributed by atoms with van der Waals surface area (Å²) in [6.07, 6.45) is 0. The summed E-state index contributed by atoms with van der Waals surface area (Å²) in [7, 11) is 6.00. The zero-order valence-electron chi connectivity index (χ0n) is 6.83. The molecule has 0 atom stereocenters. The average Bonchev–Trinajstić information content (AvgIpc) is 2.11. The standard InChI is InChI=1S/C5H5.C3H9N.Ti/c1-2-4-5-3-1;1-4(2)3;/h1-5H;1-3H3;/q-1;;+4. The fourth-order valence-electron chi connectivity index (χ4n) is 0.321. The van der Waals surface area contributed by atoms with E-state index in [1.54, 1.807) is 0 Å². The van der Waals surface area contributed by atoms with Gasteiger partial charge in [-0.3, -0.25) is 0 Å². The summed E-state index contributed by atoms with van der Waals surface area (Å²) < 4.78 is 0. The van der Waals surface area contributed by atoms with Crippen LogP contribution >= 0.6 is 0 Å². The van der Waals surface area contributed by atoms with E-state index < -0.39 is 0 Å². The summed E-state index contributed by atoms with van der Waals surface area (Å²) in [5.74, 6) is 0. The van der Waals surface area contributed by atoms with Gasteiger partial charge in [-0.1, -0.05) is 0 Å². The van der Waals surface area contributed by atoms with Gasteiger partial charge in [-0.2, -0.15) is 18.2 Å². The largest absolute Gasteiger partial charge is 4.00 e. The molecule has 10 heavy (non-hydrogen) atoms. The van der Waals surface area contributed by atoms with Gasteiger partial charge in [0, 0.05) is 0 Å². The summed E-state index contributed by atoms with van der Waals surface area (Å²) in [5, 5.41) is 0. The van der Waals surface area contributed by atoms with E-state index in [0.717, 1.165) is 0 Å². The van der Waals surface area contributed by atoms with Gasteiger partial charge in [0.2, 0.25) is 0 Å². The van der Waals surface area contributed by atoms with E-state index in [4.69, 9.17) is 0 Å². The third-order valence-corrected chi connectivity index (χ3v) is 0.556. The van der Waals surface area contributed by atoms with E-state index in [1.807, 2.05) is 56.4 Å². The number of nitrogens with zero attached hydrogens (tertiary/aromatic N) is 1. The van der Waals surface area contributed by atoms with Crippen LogP contribution in [0, 0.1) is 0 Å². The maximum absolute atomic E-state index is 2.00. The number of hydrogen-bond donors (Lipinski definition) is 0. The van der Waals surface area contributed by atoms with Crippen LogP contribution in [0.5, 0.6) is 0 Å². The molecular formula is C8H14NTi+3. The molecule has 0 fully saturated rings. The molecule has 0 amide bonds. The Morgan fingerprint density at radius 2 is 1.30 bits per heavy atom. The number of rotatable bonds is 0. The predicted molar refractivity (Wildman–Crippen MR) is 41.6 cm³/mol. The van der Waals surface area contributed by atoms with Gasteiger partial charge in [0.05, 0.1) is 0 Å². The zero-order valence-corrected chi connectivity index (χ0v) is 8.40. The van der Waals surface area contributed by atoms with Gasteiger partial charge in [-0.15, -0.1) is 0 Å². The molecule has 0 saturated carbocycles. The molecule has 1 rings (SSSR count). The van der Waals surface area contributed by atoms with E-state index in [-0.39, 0.29) is 21.7 Å². The van der Waals surface area contributed by atoms with Crippen molar-refractivity contribution in [2.24, 2.45) is 0 Å². The van der Waals surface area contributed by atoms with Crippen molar-refractivity contribution in [3.05, 3.63) is 30.3 Å². The Balaban J connectivity index is 0. The van der Waals surface area contributed by atoms with Crippen molar-refractivity contribution in [3.63, 3.8) is 0 Å². The Bertz CT molecular complexity index is 92.8. The molecule has 52 valence electrons. The van der Waals surface area contributed by atoms with Crippen molar-refractivity contribution in [1.82, 2.24) is 4.90 Å². The molecule has 0 aliphatic rings. The Morgan fingerprint density at radius 1 is 1.00 bits per heavy atom. The minimum absolute atomic E-state index is 0. The molecular weight excluding hydrogens is 158 g/mol. The molecule has 1 nitrogen and oxygen atoms in total. The Kier molecular flexibility index (Phi) is 11.4. The van der Waals surface area contributed by atoms with Crippen LogP contribution in [0.15, 0.2) is 30.3 Å². The van der Waals surface area contributed by atoms with Crippen molar-refractivity contribution in [1.29, 1.82) is 0 Å². The first-order chi connectivity index (χ1) is 4.23. The molecule has 0 heterocycles. The quantitative estimate of drug-likeness (QED) is 0.424. The summed E-state index contributed by atoms with van der Waals surface area (Å²) in [5.41, 5.74) is 0. The van der Waals surface area contributed by atoms with Gasteiger partial charge < -0.3 is 4.90 Å². The van der Waals surface area contributed by atoms with Crippen LogP contribution in [0.4, 0.5) is 0 Å². The van der Waals surface area contributed by atoms with Gasteiger partial charge in [0.1, 0.15) is 0 Å². The SMILES string of the molecule is CN(C)C.[Ti+4].c1cc[cH-]c1. The van der Waals surface area contributed by atoms with Gasteiger partial charge in [-0.05, 0) is 21.1 Å². The van der Waals surface area contributed by atoms with Gasteiger partial charge in [0.15, 0.2) is 0 Å². The molecule has 0 spiro atoms. The van der Waals surface area contributed by atoms with Crippen molar-refractivity contribution < 1.29 is 21.7 Å². The second-order valence-corrected chi connectivity index (χ2v) is 2.30. The van der Waals surface area contributed by atoms with Crippen LogP contribution in [0.1, 0.15) is 0 Å². The molecule has 1 aromatic carbocycles. The Morgan fingerprint density at radius 3 is 1.40 bits per heavy atom. The molecule has 0 unspecified atom stereocenters. The van der Waals surface area contributed by atoms with Crippen molar-refractivity contribution in [2.45, 2.75) is 0 Å². The van der Waals surface area contributed by atoms with E-state index in [9.17, 15) is 0 Å². The van der Waals surface area contributed by atoms with Gasteiger partial charge in [-0.25, -0.2) is 12.1 Å². The zero-order chi connectivity index (χ0) is 7.11. The fourth-order valence-corrected chi connectivity index (χ4v) is 0.321. The molecule has 0 N–H and O–H groups in total.